The van der Waals surface area contributed by atoms with Gasteiger partial charge in [-0.15, -0.1) is 0 Å². The molecule has 1 aromatic carbocycles. The molecule has 0 radical (unpaired) electrons. The van der Waals surface area contributed by atoms with Gasteiger partial charge in [-0.2, -0.15) is 0 Å². The maximum atomic E-state index is 13.6. The number of rotatable bonds is 9. The highest BCUT2D eigenvalue weighted by atomic mass is 16.5. The van der Waals surface area contributed by atoms with E-state index in [1.807, 2.05) is 33.2 Å². The van der Waals surface area contributed by atoms with Gasteiger partial charge in [0.05, 0.1) is 39.8 Å². The van der Waals surface area contributed by atoms with Crippen molar-refractivity contribution in [1.29, 1.82) is 0 Å². The van der Waals surface area contributed by atoms with E-state index in [4.69, 9.17) is 4.74 Å². The second-order valence-corrected chi connectivity index (χ2v) is 9.07. The van der Waals surface area contributed by atoms with Gasteiger partial charge in [0, 0.05) is 18.0 Å². The predicted molar refractivity (Wildman–Crippen MR) is 121 cm³/mol. The average Bonchev–Trinajstić information content (AvgIpc) is 3.01. The molecule has 7 heteroatoms. The number of amides is 1. The third kappa shape index (κ3) is 5.05. The van der Waals surface area contributed by atoms with Crippen LogP contribution in [0.4, 0.5) is 0 Å². The number of pyridine rings is 1. The molecule has 0 bridgehead atoms. The Morgan fingerprint density at radius 3 is 2.56 bits per heavy atom. The Balaban J connectivity index is 1.95. The lowest BCUT2D eigenvalue weighted by Crippen LogP contribution is -3.06. The van der Waals surface area contributed by atoms with Crippen LogP contribution in [-0.4, -0.2) is 61.1 Å². The highest BCUT2D eigenvalue weighted by Crippen LogP contribution is 2.38. The molecule has 2 atom stereocenters. The molecule has 7 nitrogen and oxygen atoms in total. The van der Waals surface area contributed by atoms with Gasteiger partial charge in [-0.25, -0.2) is 0 Å². The Morgan fingerprint density at radius 2 is 1.97 bits per heavy atom. The number of quaternary nitrogens is 1. The number of ketones is 2. The molecule has 1 saturated heterocycles. The standard InChI is InChI=1S/C25H31N3O4/c1-16(2)15-32-19-8-9-20(17(3)13-19)23(29)21-22(18-7-6-10-26-14-18)28(12-11-27(4)5)25(31)24(21)30/h6-10,13-14,16,21-22H,11-12,15H2,1-5H3/p+1. The topological polar surface area (TPSA) is 81.0 Å². The molecule has 2 aromatic rings. The molecule has 170 valence electrons. The monoisotopic (exact) mass is 438 g/mol. The Morgan fingerprint density at radius 1 is 1.22 bits per heavy atom. The largest absolute Gasteiger partial charge is 0.493 e. The molecule has 1 aromatic heterocycles. The zero-order valence-electron chi connectivity index (χ0n) is 19.4. The summed E-state index contributed by atoms with van der Waals surface area (Å²) < 4.78 is 5.76. The summed E-state index contributed by atoms with van der Waals surface area (Å²) in [6, 6.07) is 8.16. The van der Waals surface area contributed by atoms with E-state index in [-0.39, 0.29) is 5.78 Å². The summed E-state index contributed by atoms with van der Waals surface area (Å²) >= 11 is 0. The molecule has 32 heavy (non-hydrogen) atoms. The number of benzene rings is 1. The Labute approximate surface area is 189 Å². The second kappa shape index (κ2) is 10.0. The number of carbonyl (C=O) groups is 3. The van der Waals surface area contributed by atoms with Gasteiger partial charge in [0.1, 0.15) is 11.7 Å². The third-order valence-corrected chi connectivity index (χ3v) is 5.61. The molecule has 3 rings (SSSR count). The summed E-state index contributed by atoms with van der Waals surface area (Å²) in [5.74, 6) is -1.63. The van der Waals surface area contributed by atoms with Crippen LogP contribution in [0.1, 0.15) is 41.4 Å². The van der Waals surface area contributed by atoms with Gasteiger partial charge < -0.3 is 14.5 Å². The molecular weight excluding hydrogens is 406 g/mol. The molecule has 1 fully saturated rings. The quantitative estimate of drug-likeness (QED) is 0.365. The van der Waals surface area contributed by atoms with Crippen LogP contribution in [0, 0.1) is 18.8 Å². The minimum absolute atomic E-state index is 0.343. The van der Waals surface area contributed by atoms with Crippen molar-refractivity contribution in [3.8, 4) is 5.75 Å². The van der Waals surface area contributed by atoms with Gasteiger partial charge in [0.15, 0.2) is 5.78 Å². The van der Waals surface area contributed by atoms with Crippen LogP contribution >= 0.6 is 0 Å². The summed E-state index contributed by atoms with van der Waals surface area (Å²) in [7, 11) is 3.96. The summed E-state index contributed by atoms with van der Waals surface area (Å²) in [6.07, 6.45) is 3.26. The number of nitrogens with zero attached hydrogens (tertiary/aromatic N) is 2. The lowest BCUT2D eigenvalue weighted by atomic mass is 9.85. The third-order valence-electron chi connectivity index (χ3n) is 5.61. The Hall–Kier alpha value is -3.06. The van der Waals surface area contributed by atoms with Crippen LogP contribution in [0.3, 0.4) is 0 Å². The van der Waals surface area contributed by atoms with E-state index < -0.39 is 23.7 Å². The number of likely N-dealkylation sites (N-methyl/N-ethyl adjacent to an activating group) is 1. The van der Waals surface area contributed by atoms with Gasteiger partial charge in [-0.05, 0) is 48.2 Å². The first-order valence-electron chi connectivity index (χ1n) is 11.0. The van der Waals surface area contributed by atoms with Gasteiger partial charge in [-0.3, -0.25) is 19.4 Å². The van der Waals surface area contributed by atoms with Crippen LogP contribution < -0.4 is 9.64 Å². The molecule has 1 aliphatic heterocycles. The van der Waals surface area contributed by atoms with Gasteiger partial charge in [-0.1, -0.05) is 19.9 Å². The number of aryl methyl sites for hydroxylation is 1. The van der Waals surface area contributed by atoms with Gasteiger partial charge in [0.2, 0.25) is 5.78 Å². The number of nitrogens with one attached hydrogen (secondary N) is 1. The Bertz CT molecular complexity index is 988. The number of hydrogen-bond donors (Lipinski definition) is 1. The molecule has 1 amide bonds. The Kier molecular flexibility index (Phi) is 7.40. The first kappa shape index (κ1) is 23.6. The highest BCUT2D eigenvalue weighted by molar-refractivity contribution is 6.44. The van der Waals surface area contributed by atoms with Crippen molar-refractivity contribution in [1.82, 2.24) is 9.88 Å². The van der Waals surface area contributed by atoms with Crippen LogP contribution in [-0.2, 0) is 9.59 Å². The zero-order chi connectivity index (χ0) is 23.4. The maximum absolute atomic E-state index is 13.6. The molecule has 0 aliphatic carbocycles. The van der Waals surface area contributed by atoms with Crippen molar-refractivity contribution in [2.75, 3.05) is 33.8 Å². The van der Waals surface area contributed by atoms with Gasteiger partial charge >= 0.3 is 0 Å². The summed E-state index contributed by atoms with van der Waals surface area (Å²) in [5.41, 5.74) is 1.84. The highest BCUT2D eigenvalue weighted by Gasteiger charge is 2.51. The number of aromatic nitrogens is 1. The van der Waals surface area contributed by atoms with Crippen molar-refractivity contribution in [3.05, 3.63) is 59.4 Å². The second-order valence-electron chi connectivity index (χ2n) is 9.07. The van der Waals surface area contributed by atoms with E-state index in [1.54, 1.807) is 30.6 Å². The molecule has 1 N–H and O–H groups in total. The van der Waals surface area contributed by atoms with Gasteiger partial charge in [0.25, 0.3) is 5.91 Å². The molecule has 0 spiro atoms. The van der Waals surface area contributed by atoms with E-state index >= 15 is 0 Å². The average molecular weight is 439 g/mol. The van der Waals surface area contributed by atoms with Crippen molar-refractivity contribution in [2.24, 2.45) is 11.8 Å². The number of carbonyl (C=O) groups excluding carboxylic acids is 3. The fraction of sp³-hybridized carbons (Fsp3) is 0.440. The minimum atomic E-state index is -1.09. The van der Waals surface area contributed by atoms with E-state index in [0.717, 1.165) is 10.5 Å². The molecule has 2 heterocycles. The fourth-order valence-electron chi connectivity index (χ4n) is 3.93. The minimum Gasteiger partial charge on any atom is -0.493 e. The predicted octanol–water partition coefficient (Wildman–Crippen LogP) is 1.52. The van der Waals surface area contributed by atoms with Crippen molar-refractivity contribution in [3.63, 3.8) is 0 Å². The smallest absolute Gasteiger partial charge is 0.291 e. The number of ether oxygens (including phenoxy) is 1. The number of hydrogen-bond acceptors (Lipinski definition) is 5. The zero-order valence-corrected chi connectivity index (χ0v) is 19.4. The van der Waals surface area contributed by atoms with E-state index in [2.05, 4.69) is 18.8 Å². The lowest BCUT2D eigenvalue weighted by Gasteiger charge is -2.27. The van der Waals surface area contributed by atoms with Crippen LogP contribution in [0.15, 0.2) is 42.7 Å². The molecule has 1 aliphatic rings. The first-order chi connectivity index (χ1) is 15.2. The van der Waals surface area contributed by atoms with Crippen LogP contribution in [0.5, 0.6) is 5.75 Å². The van der Waals surface area contributed by atoms with Crippen molar-refractivity contribution >= 4 is 17.5 Å². The van der Waals surface area contributed by atoms with Crippen LogP contribution in [0.25, 0.3) is 0 Å². The number of likely N-dealkylation sites (tertiary alicyclic amines) is 1. The van der Waals surface area contributed by atoms with Crippen molar-refractivity contribution < 1.29 is 24.0 Å². The number of Topliss-reactive ketones (excluding diaryl/α,β-unsaturated/α-hetero) is 2. The van der Waals surface area contributed by atoms with E-state index in [9.17, 15) is 14.4 Å². The lowest BCUT2D eigenvalue weighted by molar-refractivity contribution is -0.857. The molecule has 2 unspecified atom stereocenters. The summed E-state index contributed by atoms with van der Waals surface area (Å²) in [4.78, 5) is 46.4. The molecule has 0 saturated carbocycles. The fourth-order valence-corrected chi connectivity index (χ4v) is 3.93. The van der Waals surface area contributed by atoms with Crippen molar-refractivity contribution in [2.45, 2.75) is 26.8 Å². The normalized spacial score (nSPS) is 18.7. The first-order valence-corrected chi connectivity index (χ1v) is 11.0. The summed E-state index contributed by atoms with van der Waals surface area (Å²) in [6.45, 7) is 7.58. The SMILES string of the molecule is Cc1cc(OCC(C)C)ccc1C(=O)C1C(=O)C(=O)N(CC[NH+](C)C)C1c1cccnc1. The molecular formula is C25H32N3O4+. The van der Waals surface area contributed by atoms with Crippen LogP contribution in [0.2, 0.25) is 0 Å². The summed E-state index contributed by atoms with van der Waals surface area (Å²) in [5, 5.41) is 0. The maximum Gasteiger partial charge on any atom is 0.291 e. The van der Waals surface area contributed by atoms with E-state index in [0.29, 0.717) is 42.5 Å². The van der Waals surface area contributed by atoms with E-state index in [1.165, 1.54) is 4.90 Å².